The molecule has 338 valence electrons. The van der Waals surface area contributed by atoms with Gasteiger partial charge in [0.05, 0.1) is 41.5 Å². The van der Waals surface area contributed by atoms with Gasteiger partial charge in [-0.05, 0) is 101 Å². The van der Waals surface area contributed by atoms with Gasteiger partial charge < -0.3 is 62.9 Å². The summed E-state index contributed by atoms with van der Waals surface area (Å²) in [6.45, 7) is 19.3. The molecule has 16 heteroatoms. The van der Waals surface area contributed by atoms with Gasteiger partial charge in [-0.3, -0.25) is 9.69 Å². The number of fused-ring (bicyclic) bond motifs is 1. The van der Waals surface area contributed by atoms with Gasteiger partial charge in [-0.2, -0.15) is 0 Å². The quantitative estimate of drug-likeness (QED) is 0.203. The fourth-order valence-electron chi connectivity index (χ4n) is 9.92. The Balaban J connectivity index is 1.81. The van der Waals surface area contributed by atoms with Crippen molar-refractivity contribution in [3.63, 3.8) is 0 Å². The van der Waals surface area contributed by atoms with Crippen LogP contribution in [0, 0.1) is 17.8 Å². The minimum Gasteiger partial charge on any atom is -0.458 e. The highest BCUT2D eigenvalue weighted by molar-refractivity contribution is 5.73. The van der Waals surface area contributed by atoms with E-state index in [1.165, 1.54) is 0 Å². The zero-order valence-electron chi connectivity index (χ0n) is 37.5. The summed E-state index contributed by atoms with van der Waals surface area (Å²) in [6.07, 6.45) is -6.97. The van der Waals surface area contributed by atoms with Gasteiger partial charge in [0.2, 0.25) is 0 Å². The molecule has 4 aliphatic rings. The first-order valence-corrected chi connectivity index (χ1v) is 21.3. The van der Waals surface area contributed by atoms with Crippen molar-refractivity contribution in [2.75, 3.05) is 48.0 Å². The van der Waals surface area contributed by atoms with Gasteiger partial charge >= 0.3 is 12.1 Å². The van der Waals surface area contributed by atoms with Crippen LogP contribution in [0.1, 0.15) is 101 Å². The van der Waals surface area contributed by atoms with E-state index in [0.29, 0.717) is 32.4 Å². The highest BCUT2D eigenvalue weighted by atomic mass is 16.8. The Labute approximate surface area is 346 Å². The number of hydrogen-bond acceptors (Lipinski definition) is 16. The number of aliphatic hydroxyl groups is 3. The predicted molar refractivity (Wildman–Crippen MR) is 213 cm³/mol. The number of carbonyl (C=O) groups is 2. The third-order valence-electron chi connectivity index (χ3n) is 13.2. The molecule has 4 saturated heterocycles. The predicted octanol–water partition coefficient (Wildman–Crippen LogP) is 3.49. The number of rotatable bonds is 11. The second-order valence-electron chi connectivity index (χ2n) is 18.5. The monoisotopic (exact) mass is 833 g/mol. The van der Waals surface area contributed by atoms with Crippen LogP contribution >= 0.6 is 0 Å². The maximum atomic E-state index is 14.6. The van der Waals surface area contributed by atoms with Crippen LogP contribution in [0.3, 0.4) is 0 Å². The number of carbonyl (C=O) groups excluding carboxylic acids is 2. The van der Waals surface area contributed by atoms with Gasteiger partial charge in [0.25, 0.3) is 0 Å². The van der Waals surface area contributed by atoms with Crippen LogP contribution in [0.2, 0.25) is 0 Å². The summed E-state index contributed by atoms with van der Waals surface area (Å²) in [7, 11) is 7.31. The third kappa shape index (κ3) is 10.8. The molecule has 58 heavy (non-hydrogen) atoms. The molecule has 0 spiro atoms. The minimum atomic E-state index is -1.55. The van der Waals surface area contributed by atoms with Crippen molar-refractivity contribution >= 4 is 12.1 Å². The molecular formula is C42H76N2O14. The fourth-order valence-corrected chi connectivity index (χ4v) is 9.92. The van der Waals surface area contributed by atoms with Crippen molar-refractivity contribution in [1.29, 1.82) is 0 Å². The van der Waals surface area contributed by atoms with E-state index < -0.39 is 96.1 Å². The second kappa shape index (κ2) is 20.0. The van der Waals surface area contributed by atoms with E-state index >= 15 is 0 Å². The summed E-state index contributed by atoms with van der Waals surface area (Å²) in [6, 6.07) is -0.626. The number of aliphatic hydroxyl groups excluding tert-OH is 2. The lowest BCUT2D eigenvalue weighted by Gasteiger charge is -2.49. The number of methoxy groups -OCH3 is 1. The summed E-state index contributed by atoms with van der Waals surface area (Å²) >= 11 is 0. The molecule has 0 unspecified atom stereocenters. The molecule has 0 aromatic carbocycles. The molecule has 18 atom stereocenters. The molecule has 4 rings (SSSR count). The smallest absolute Gasteiger partial charge is 0.458 e. The van der Waals surface area contributed by atoms with Crippen molar-refractivity contribution in [1.82, 2.24) is 9.80 Å². The van der Waals surface area contributed by atoms with Crippen molar-refractivity contribution < 1.29 is 67.5 Å². The van der Waals surface area contributed by atoms with E-state index in [2.05, 4.69) is 4.90 Å². The van der Waals surface area contributed by atoms with Crippen LogP contribution in [-0.4, -0.2) is 176 Å². The highest BCUT2D eigenvalue weighted by Crippen LogP contribution is 2.42. The van der Waals surface area contributed by atoms with E-state index in [-0.39, 0.29) is 43.6 Å². The molecular weight excluding hydrogens is 756 g/mol. The summed E-state index contributed by atoms with van der Waals surface area (Å²) in [4.78, 5) is 31.4. The Hall–Kier alpha value is -1.70. The number of hydrogen-bond donors (Lipinski definition) is 3. The summed E-state index contributed by atoms with van der Waals surface area (Å²) in [5.41, 5.74) is -3.73. The van der Waals surface area contributed by atoms with Crippen molar-refractivity contribution in [3.05, 3.63) is 0 Å². The van der Waals surface area contributed by atoms with Crippen LogP contribution in [0.4, 0.5) is 4.79 Å². The molecule has 0 aromatic rings. The van der Waals surface area contributed by atoms with Gasteiger partial charge in [0, 0.05) is 51.3 Å². The van der Waals surface area contributed by atoms with Gasteiger partial charge in [-0.15, -0.1) is 0 Å². The molecule has 0 bridgehead atoms. The average Bonchev–Trinajstić information content (AvgIpc) is 3.46. The van der Waals surface area contributed by atoms with E-state index in [1.807, 2.05) is 74.5 Å². The Morgan fingerprint density at radius 1 is 0.966 bits per heavy atom. The van der Waals surface area contributed by atoms with Gasteiger partial charge in [0.1, 0.15) is 18.3 Å². The number of nitrogens with zero attached hydrogens (tertiary/aromatic N) is 2. The Bertz CT molecular complexity index is 1340. The van der Waals surface area contributed by atoms with E-state index in [4.69, 9.17) is 42.6 Å². The standard InChI is InChI=1S/C42H76N2O14/c1-15-30-42(10)35(57-39(48)58-42)27(6)44(13)22-23(2)20-40(8,49)34(56-38-32(46)29(43(11)12)19-24(3)52-38)25(4)33(26(5)37(47)54-30)55-31-21-41(9,50-14)36(28(7)53-31)51-18-16-17-45/h23-36,38,45-46,49H,15-22H2,1-14H3/t23-,24-,25+,26-,27-,28+,29+,30-,31+,32-,33+,34-,35-,36+,38+,40-,41-,42-/m1/s1. The summed E-state index contributed by atoms with van der Waals surface area (Å²) in [5, 5.41) is 33.7. The van der Waals surface area contributed by atoms with E-state index in [0.717, 1.165) is 0 Å². The molecule has 0 amide bonds. The average molecular weight is 833 g/mol. The number of ether oxygens (including phenoxy) is 9. The second-order valence-corrected chi connectivity index (χ2v) is 18.5. The van der Waals surface area contributed by atoms with Gasteiger partial charge in [-0.25, -0.2) is 4.79 Å². The fraction of sp³-hybridized carbons (Fsp3) is 0.952. The number of esters is 1. The van der Waals surface area contributed by atoms with Crippen LogP contribution in [-0.2, 0) is 47.4 Å². The van der Waals surface area contributed by atoms with Crippen molar-refractivity contribution in [2.45, 2.75) is 192 Å². The van der Waals surface area contributed by atoms with Crippen LogP contribution in [0.5, 0.6) is 0 Å². The molecule has 0 saturated carbocycles. The molecule has 4 fully saturated rings. The molecule has 16 nitrogen and oxygen atoms in total. The largest absolute Gasteiger partial charge is 0.509 e. The lowest BCUT2D eigenvalue weighted by atomic mass is 9.77. The lowest BCUT2D eigenvalue weighted by molar-refractivity contribution is -0.320. The van der Waals surface area contributed by atoms with Crippen molar-refractivity contribution in [3.8, 4) is 0 Å². The first-order chi connectivity index (χ1) is 27.0. The lowest BCUT2D eigenvalue weighted by Crippen LogP contribution is -2.61. The highest BCUT2D eigenvalue weighted by Gasteiger charge is 2.58. The normalized spacial score (nSPS) is 46.4. The zero-order valence-corrected chi connectivity index (χ0v) is 37.5. The van der Waals surface area contributed by atoms with E-state index in [9.17, 15) is 24.9 Å². The van der Waals surface area contributed by atoms with Crippen LogP contribution < -0.4 is 0 Å². The zero-order chi connectivity index (χ0) is 43.5. The Kier molecular flexibility index (Phi) is 16.9. The van der Waals surface area contributed by atoms with E-state index in [1.54, 1.807) is 27.9 Å². The molecule has 0 aliphatic carbocycles. The molecule has 0 radical (unpaired) electrons. The maximum Gasteiger partial charge on any atom is 0.509 e. The number of cyclic esters (lactones) is 1. The van der Waals surface area contributed by atoms with Gasteiger partial charge in [-0.1, -0.05) is 20.8 Å². The topological polar surface area (TPSA) is 184 Å². The molecule has 0 aromatic heterocycles. The SMILES string of the molecule is CC[C@H]1OC(=O)[C@H](C)[C@@H](O[C@H]2C[C@@](C)(OC)[C@@H](OCCCO)[C@H](C)O2)[C@H](C)[C@@H](O[C@@H]2O[C@H](C)C[C@H](N(C)C)[C@H]2O)[C@](C)(O)C[C@@H](C)CN(C)[C@H](C)[C@H]2OC(=O)O[C@@]21C. The van der Waals surface area contributed by atoms with Crippen LogP contribution in [0.25, 0.3) is 0 Å². The Morgan fingerprint density at radius 3 is 2.24 bits per heavy atom. The molecule has 3 N–H and O–H groups in total. The first-order valence-electron chi connectivity index (χ1n) is 21.3. The Morgan fingerprint density at radius 2 is 1.64 bits per heavy atom. The maximum absolute atomic E-state index is 14.6. The van der Waals surface area contributed by atoms with Gasteiger partial charge in [0.15, 0.2) is 24.3 Å². The minimum absolute atomic E-state index is 0.0156. The van der Waals surface area contributed by atoms with Crippen LogP contribution in [0.15, 0.2) is 0 Å². The summed E-state index contributed by atoms with van der Waals surface area (Å²) < 4.78 is 56.6. The molecule has 4 heterocycles. The first kappa shape index (κ1) is 49.0. The van der Waals surface area contributed by atoms with Crippen molar-refractivity contribution in [2.24, 2.45) is 17.8 Å². The number of likely N-dealkylation sites (N-methyl/N-ethyl adjacent to an activating group) is 2. The third-order valence-corrected chi connectivity index (χ3v) is 13.2. The summed E-state index contributed by atoms with van der Waals surface area (Å²) in [5.74, 6) is -2.46. The molecule has 4 aliphatic heterocycles.